The number of benzene rings is 2. The zero-order chi connectivity index (χ0) is 20.9. The van der Waals surface area contributed by atoms with E-state index in [0.717, 1.165) is 0 Å². The summed E-state index contributed by atoms with van der Waals surface area (Å²) < 4.78 is 27.9. The third-order valence-electron chi connectivity index (χ3n) is 4.36. The largest absolute Gasteiger partial charge is 0.452 e. The summed E-state index contributed by atoms with van der Waals surface area (Å²) in [6.07, 6.45) is 0.344. The van der Waals surface area contributed by atoms with Gasteiger partial charge in [-0.25, -0.2) is 13.2 Å². The van der Waals surface area contributed by atoms with Crippen LogP contribution >= 0.6 is 0 Å². The molecule has 2 amide bonds. The number of hydrogen-bond donors (Lipinski definition) is 2. The Kier molecular flexibility index (Phi) is 6.28. The summed E-state index contributed by atoms with van der Waals surface area (Å²) in [7, 11) is -3.12. The van der Waals surface area contributed by atoms with E-state index in [4.69, 9.17) is 4.74 Å². The first kappa shape index (κ1) is 20.5. The molecule has 8 nitrogen and oxygen atoms in total. The van der Waals surface area contributed by atoms with Crippen LogP contribution in [0.5, 0.6) is 0 Å². The van der Waals surface area contributed by atoms with Crippen LogP contribution in [0.4, 0.5) is 5.69 Å². The molecule has 152 valence electrons. The van der Waals surface area contributed by atoms with E-state index >= 15 is 0 Å². The number of hydrogen-bond acceptors (Lipinski definition) is 6. The van der Waals surface area contributed by atoms with Gasteiger partial charge in [-0.05, 0) is 30.7 Å². The molecule has 0 bridgehead atoms. The molecule has 1 saturated heterocycles. The number of rotatable bonds is 6. The van der Waals surface area contributed by atoms with Crippen LogP contribution in [0.15, 0.2) is 54.6 Å². The molecule has 0 radical (unpaired) electrons. The monoisotopic (exact) mass is 416 g/mol. The highest BCUT2D eigenvalue weighted by Gasteiger charge is 2.29. The zero-order valence-electron chi connectivity index (χ0n) is 15.5. The summed E-state index contributed by atoms with van der Waals surface area (Å²) in [5, 5.41) is 5.20. The minimum absolute atomic E-state index is 0.0340. The van der Waals surface area contributed by atoms with Crippen LogP contribution in [0.25, 0.3) is 0 Å². The van der Waals surface area contributed by atoms with Crippen LogP contribution < -0.4 is 10.6 Å². The number of carbonyl (C=O) groups excluding carboxylic acids is 3. The van der Waals surface area contributed by atoms with Crippen molar-refractivity contribution < 1.29 is 27.5 Å². The van der Waals surface area contributed by atoms with Crippen molar-refractivity contribution in [1.82, 2.24) is 5.32 Å². The third kappa shape index (κ3) is 5.64. The summed E-state index contributed by atoms with van der Waals surface area (Å²) in [4.78, 5) is 36.6. The molecule has 0 unspecified atom stereocenters. The van der Waals surface area contributed by atoms with Gasteiger partial charge in [0.05, 0.1) is 22.8 Å². The van der Waals surface area contributed by atoms with Crippen LogP contribution in [-0.2, 0) is 19.4 Å². The maximum absolute atomic E-state index is 12.4. The van der Waals surface area contributed by atoms with E-state index in [0.29, 0.717) is 12.0 Å². The van der Waals surface area contributed by atoms with Crippen LogP contribution in [-0.4, -0.2) is 50.4 Å². The highest BCUT2D eigenvalue weighted by Crippen LogP contribution is 2.17. The van der Waals surface area contributed by atoms with Gasteiger partial charge in [0.15, 0.2) is 16.4 Å². The lowest BCUT2D eigenvalue weighted by Crippen LogP contribution is -2.38. The molecule has 0 saturated carbocycles. The van der Waals surface area contributed by atoms with Gasteiger partial charge in [-0.3, -0.25) is 9.59 Å². The fraction of sp³-hybridized carbons (Fsp3) is 0.250. The van der Waals surface area contributed by atoms with Crippen molar-refractivity contribution in [2.75, 3.05) is 23.4 Å². The van der Waals surface area contributed by atoms with Crippen molar-refractivity contribution >= 4 is 33.3 Å². The van der Waals surface area contributed by atoms with Gasteiger partial charge < -0.3 is 15.4 Å². The fourth-order valence-corrected chi connectivity index (χ4v) is 4.61. The highest BCUT2D eigenvalue weighted by molar-refractivity contribution is 7.91. The molecule has 1 atom stereocenters. The molecule has 9 heteroatoms. The second-order valence-electron chi connectivity index (χ2n) is 6.61. The normalized spacial score (nSPS) is 17.3. The van der Waals surface area contributed by atoms with Crippen LogP contribution in [0, 0.1) is 0 Å². The smallest absolute Gasteiger partial charge is 0.340 e. The quantitative estimate of drug-likeness (QED) is 0.687. The number of sulfone groups is 1. The predicted molar refractivity (Wildman–Crippen MR) is 106 cm³/mol. The molecule has 2 N–H and O–H groups in total. The summed E-state index contributed by atoms with van der Waals surface area (Å²) in [5.41, 5.74) is 0.795. The van der Waals surface area contributed by atoms with E-state index in [9.17, 15) is 22.8 Å². The van der Waals surface area contributed by atoms with Gasteiger partial charge in [0.25, 0.3) is 11.8 Å². The Labute approximate surface area is 168 Å². The molecule has 2 aromatic carbocycles. The first-order valence-electron chi connectivity index (χ1n) is 8.96. The Bertz CT molecular complexity index is 1020. The lowest BCUT2D eigenvalue weighted by atomic mass is 10.1. The molecule has 1 fully saturated rings. The Morgan fingerprint density at radius 3 is 2.38 bits per heavy atom. The number of anilines is 1. The molecule has 0 spiro atoms. The van der Waals surface area contributed by atoms with E-state index in [2.05, 4.69) is 10.6 Å². The maximum atomic E-state index is 12.4. The average molecular weight is 416 g/mol. The standard InChI is InChI=1S/C20H20N2O6S/c23-18(21-15-10-11-29(26,27)13-15)12-28-20(25)16-8-4-5-9-17(16)22-19(24)14-6-2-1-3-7-14/h1-9,15H,10-13H2,(H,21,23)(H,22,24)/t15-/m1/s1. The van der Waals surface area contributed by atoms with Crippen LogP contribution in [0.2, 0.25) is 0 Å². The van der Waals surface area contributed by atoms with Crippen LogP contribution in [0.3, 0.4) is 0 Å². The van der Waals surface area contributed by atoms with Gasteiger partial charge in [0.2, 0.25) is 0 Å². The Morgan fingerprint density at radius 2 is 1.69 bits per heavy atom. The SMILES string of the molecule is O=C(COC(=O)c1ccccc1NC(=O)c1ccccc1)N[C@@H]1CCS(=O)(=O)C1. The van der Waals surface area contributed by atoms with Crippen LogP contribution in [0.1, 0.15) is 27.1 Å². The van der Waals surface area contributed by atoms with Gasteiger partial charge in [0, 0.05) is 11.6 Å². The molecular formula is C20H20N2O6S. The number of ether oxygens (including phenoxy) is 1. The summed E-state index contributed by atoms with van der Waals surface area (Å²) in [6, 6.07) is 14.4. The Morgan fingerprint density at radius 1 is 1.00 bits per heavy atom. The van der Waals surface area contributed by atoms with E-state index in [1.165, 1.54) is 6.07 Å². The van der Waals surface area contributed by atoms with Crippen molar-refractivity contribution in [3.8, 4) is 0 Å². The molecule has 1 heterocycles. The average Bonchev–Trinajstić information content (AvgIpc) is 3.05. The summed E-state index contributed by atoms with van der Waals surface area (Å²) in [6.45, 7) is -0.545. The van der Waals surface area contributed by atoms with E-state index in [1.54, 1.807) is 48.5 Å². The van der Waals surface area contributed by atoms with Crippen molar-refractivity contribution in [2.45, 2.75) is 12.5 Å². The van der Waals surface area contributed by atoms with Gasteiger partial charge in [-0.15, -0.1) is 0 Å². The number of esters is 1. The van der Waals surface area contributed by atoms with Crippen molar-refractivity contribution in [2.24, 2.45) is 0 Å². The lowest BCUT2D eigenvalue weighted by molar-refractivity contribution is -0.124. The lowest BCUT2D eigenvalue weighted by Gasteiger charge is -2.13. The van der Waals surface area contributed by atoms with Gasteiger partial charge >= 0.3 is 5.97 Å². The Hall–Kier alpha value is -3.20. The molecule has 3 rings (SSSR count). The molecular weight excluding hydrogens is 396 g/mol. The maximum Gasteiger partial charge on any atom is 0.340 e. The van der Waals surface area contributed by atoms with E-state index < -0.39 is 34.4 Å². The molecule has 0 aromatic heterocycles. The second-order valence-corrected chi connectivity index (χ2v) is 8.84. The number of amides is 2. The van der Waals surface area contributed by atoms with Gasteiger partial charge in [-0.1, -0.05) is 30.3 Å². The van der Waals surface area contributed by atoms with Crippen molar-refractivity contribution in [3.05, 3.63) is 65.7 Å². The molecule has 2 aromatic rings. The Balaban J connectivity index is 1.58. The third-order valence-corrected chi connectivity index (χ3v) is 6.13. The first-order valence-corrected chi connectivity index (χ1v) is 10.8. The van der Waals surface area contributed by atoms with E-state index in [-0.39, 0.29) is 28.7 Å². The molecule has 0 aliphatic carbocycles. The number of para-hydroxylation sites is 1. The minimum Gasteiger partial charge on any atom is -0.452 e. The predicted octanol–water partition coefficient (Wildman–Crippen LogP) is 1.40. The first-order chi connectivity index (χ1) is 13.8. The highest BCUT2D eigenvalue weighted by atomic mass is 32.2. The fourth-order valence-electron chi connectivity index (χ4n) is 2.94. The molecule has 29 heavy (non-hydrogen) atoms. The topological polar surface area (TPSA) is 119 Å². The molecule has 1 aliphatic heterocycles. The number of nitrogens with one attached hydrogen (secondary N) is 2. The number of carbonyl (C=O) groups is 3. The molecule has 1 aliphatic rings. The zero-order valence-corrected chi connectivity index (χ0v) is 16.3. The van der Waals surface area contributed by atoms with Gasteiger partial charge in [-0.2, -0.15) is 0 Å². The minimum atomic E-state index is -3.12. The summed E-state index contributed by atoms with van der Waals surface area (Å²) >= 11 is 0. The second kappa shape index (κ2) is 8.87. The van der Waals surface area contributed by atoms with Crippen molar-refractivity contribution in [3.63, 3.8) is 0 Å². The van der Waals surface area contributed by atoms with E-state index in [1.807, 2.05) is 0 Å². The van der Waals surface area contributed by atoms with Gasteiger partial charge in [0.1, 0.15) is 0 Å². The summed E-state index contributed by atoms with van der Waals surface area (Å²) in [5.74, 6) is -1.81. The van der Waals surface area contributed by atoms with Crippen molar-refractivity contribution in [1.29, 1.82) is 0 Å².